The van der Waals surface area contributed by atoms with Gasteiger partial charge in [0.2, 0.25) is 5.91 Å². The molecule has 3 heterocycles. The van der Waals surface area contributed by atoms with Gasteiger partial charge in [-0.05, 0) is 30.5 Å². The Balaban J connectivity index is 1.28. The van der Waals surface area contributed by atoms with Crippen molar-refractivity contribution in [1.29, 1.82) is 0 Å². The van der Waals surface area contributed by atoms with Crippen molar-refractivity contribution in [2.45, 2.75) is 38.8 Å². The first-order valence-electron chi connectivity index (χ1n) is 10.5. The highest BCUT2D eigenvalue weighted by atomic mass is 35.5. The van der Waals surface area contributed by atoms with Crippen molar-refractivity contribution < 1.29 is 4.79 Å². The number of hydrogen-bond acceptors (Lipinski definition) is 4. The molecule has 1 aromatic carbocycles. The number of nitrogens with zero attached hydrogens (tertiary/aromatic N) is 6. The van der Waals surface area contributed by atoms with Crippen LogP contribution in [0.15, 0.2) is 29.3 Å². The number of nitrogens with one attached hydrogen (secondary N) is 1. The summed E-state index contributed by atoms with van der Waals surface area (Å²) in [5.41, 5.74) is 0.948. The number of fused-ring (bicyclic) bond motifs is 1. The second-order valence-corrected chi connectivity index (χ2v) is 8.15. The van der Waals surface area contributed by atoms with Crippen LogP contribution in [0.1, 0.15) is 30.1 Å². The SMILES string of the molecule is CN=C(NCc1nnc2n1CCCC2)N1CCN(C(=O)Cc2cccc(Cl)c2)CC1. The number of hydrogen-bond donors (Lipinski definition) is 1. The molecule has 1 N–H and O–H groups in total. The molecule has 1 aromatic heterocycles. The Morgan fingerprint density at radius 2 is 1.93 bits per heavy atom. The monoisotopic (exact) mass is 429 g/mol. The van der Waals surface area contributed by atoms with Gasteiger partial charge in [-0.15, -0.1) is 10.2 Å². The minimum atomic E-state index is 0.134. The number of rotatable bonds is 4. The average molecular weight is 430 g/mol. The van der Waals surface area contributed by atoms with Crippen molar-refractivity contribution in [3.8, 4) is 0 Å². The van der Waals surface area contributed by atoms with Gasteiger partial charge in [0.15, 0.2) is 11.8 Å². The maximum Gasteiger partial charge on any atom is 0.227 e. The van der Waals surface area contributed by atoms with Crippen LogP contribution in [0, 0.1) is 0 Å². The Hall–Kier alpha value is -2.61. The molecule has 0 aliphatic carbocycles. The molecule has 1 saturated heterocycles. The number of aryl methyl sites for hydroxylation is 1. The van der Waals surface area contributed by atoms with Gasteiger partial charge in [-0.3, -0.25) is 9.79 Å². The molecular formula is C21H28ClN7O. The molecule has 2 aliphatic rings. The minimum Gasteiger partial charge on any atom is -0.349 e. The predicted molar refractivity (Wildman–Crippen MR) is 116 cm³/mol. The Labute approximate surface area is 181 Å². The maximum absolute atomic E-state index is 12.6. The lowest BCUT2D eigenvalue weighted by molar-refractivity contribution is -0.131. The van der Waals surface area contributed by atoms with E-state index in [2.05, 4.69) is 30.0 Å². The third kappa shape index (κ3) is 4.75. The van der Waals surface area contributed by atoms with E-state index in [4.69, 9.17) is 11.6 Å². The van der Waals surface area contributed by atoms with Crippen molar-refractivity contribution in [1.82, 2.24) is 29.9 Å². The molecule has 160 valence electrons. The van der Waals surface area contributed by atoms with E-state index >= 15 is 0 Å². The van der Waals surface area contributed by atoms with Gasteiger partial charge in [0.05, 0.1) is 13.0 Å². The van der Waals surface area contributed by atoms with Crippen LogP contribution in [0.25, 0.3) is 0 Å². The Bertz CT molecular complexity index is 918. The van der Waals surface area contributed by atoms with Crippen LogP contribution in [-0.2, 0) is 30.7 Å². The van der Waals surface area contributed by atoms with Crippen molar-refractivity contribution >= 4 is 23.5 Å². The van der Waals surface area contributed by atoms with Crippen LogP contribution in [0.2, 0.25) is 5.02 Å². The van der Waals surface area contributed by atoms with E-state index in [1.807, 2.05) is 29.2 Å². The first kappa shape index (κ1) is 20.7. The fourth-order valence-corrected chi connectivity index (χ4v) is 4.30. The highest BCUT2D eigenvalue weighted by Crippen LogP contribution is 2.15. The first-order chi connectivity index (χ1) is 14.6. The van der Waals surface area contributed by atoms with Crippen LogP contribution in [0.5, 0.6) is 0 Å². The number of guanidine groups is 1. The summed E-state index contributed by atoms with van der Waals surface area (Å²) < 4.78 is 2.22. The molecule has 0 unspecified atom stereocenters. The van der Waals surface area contributed by atoms with Crippen molar-refractivity contribution in [2.75, 3.05) is 33.2 Å². The smallest absolute Gasteiger partial charge is 0.227 e. The zero-order chi connectivity index (χ0) is 20.9. The zero-order valence-electron chi connectivity index (χ0n) is 17.3. The Kier molecular flexibility index (Phi) is 6.52. The topological polar surface area (TPSA) is 78.7 Å². The Morgan fingerprint density at radius 1 is 1.13 bits per heavy atom. The van der Waals surface area contributed by atoms with E-state index in [1.165, 1.54) is 12.8 Å². The molecule has 2 aromatic rings. The van der Waals surface area contributed by atoms with E-state index in [1.54, 1.807) is 7.05 Å². The largest absolute Gasteiger partial charge is 0.349 e. The van der Waals surface area contributed by atoms with E-state index < -0.39 is 0 Å². The van der Waals surface area contributed by atoms with E-state index in [-0.39, 0.29) is 5.91 Å². The number of carbonyl (C=O) groups is 1. The van der Waals surface area contributed by atoms with E-state index in [0.29, 0.717) is 31.1 Å². The van der Waals surface area contributed by atoms with Crippen LogP contribution in [-0.4, -0.2) is 69.7 Å². The standard InChI is InChI=1S/C21H28ClN7O/c1-23-21(24-15-19-26-25-18-7-2-3-8-29(18)19)28-11-9-27(10-12-28)20(30)14-16-5-4-6-17(22)13-16/h4-6,13H,2-3,7-12,14-15H2,1H3,(H,23,24). The van der Waals surface area contributed by atoms with Gasteiger partial charge >= 0.3 is 0 Å². The normalized spacial score (nSPS) is 17.1. The molecule has 0 saturated carbocycles. The summed E-state index contributed by atoms with van der Waals surface area (Å²) in [4.78, 5) is 21.2. The van der Waals surface area contributed by atoms with Gasteiger partial charge in [0.25, 0.3) is 0 Å². The fourth-order valence-electron chi connectivity index (χ4n) is 4.09. The number of carbonyl (C=O) groups excluding carboxylic acids is 1. The summed E-state index contributed by atoms with van der Waals surface area (Å²) in [6.07, 6.45) is 3.75. The lowest BCUT2D eigenvalue weighted by Gasteiger charge is -2.36. The summed E-state index contributed by atoms with van der Waals surface area (Å²) in [5.74, 6) is 3.01. The van der Waals surface area contributed by atoms with E-state index in [0.717, 1.165) is 49.2 Å². The van der Waals surface area contributed by atoms with Gasteiger partial charge in [0, 0.05) is 51.2 Å². The average Bonchev–Trinajstić information content (AvgIpc) is 3.18. The molecule has 0 radical (unpaired) electrons. The summed E-state index contributed by atoms with van der Waals surface area (Å²) in [6, 6.07) is 7.49. The predicted octanol–water partition coefficient (Wildman–Crippen LogP) is 1.73. The summed E-state index contributed by atoms with van der Waals surface area (Å²) in [5, 5.41) is 12.7. The molecular weight excluding hydrogens is 402 g/mol. The minimum absolute atomic E-state index is 0.134. The number of benzene rings is 1. The fraction of sp³-hybridized carbons (Fsp3) is 0.524. The molecule has 0 spiro atoms. The third-order valence-electron chi connectivity index (χ3n) is 5.73. The van der Waals surface area contributed by atoms with Crippen molar-refractivity contribution in [3.63, 3.8) is 0 Å². The molecule has 2 aliphatic heterocycles. The van der Waals surface area contributed by atoms with Crippen LogP contribution in [0.4, 0.5) is 0 Å². The van der Waals surface area contributed by atoms with Gasteiger partial charge < -0.3 is 19.7 Å². The number of aromatic nitrogens is 3. The molecule has 30 heavy (non-hydrogen) atoms. The van der Waals surface area contributed by atoms with Crippen molar-refractivity contribution in [3.05, 3.63) is 46.5 Å². The number of piperazine rings is 1. The summed E-state index contributed by atoms with van der Waals surface area (Å²) >= 11 is 6.03. The third-order valence-corrected chi connectivity index (χ3v) is 5.96. The lowest BCUT2D eigenvalue weighted by Crippen LogP contribution is -2.54. The van der Waals surface area contributed by atoms with Crippen molar-refractivity contribution in [2.24, 2.45) is 4.99 Å². The number of halogens is 1. The summed E-state index contributed by atoms with van der Waals surface area (Å²) in [6.45, 7) is 4.46. The second kappa shape index (κ2) is 9.47. The molecule has 4 rings (SSSR count). The van der Waals surface area contributed by atoms with Crippen LogP contribution < -0.4 is 5.32 Å². The Morgan fingerprint density at radius 3 is 2.70 bits per heavy atom. The molecule has 0 atom stereocenters. The molecule has 0 bridgehead atoms. The lowest BCUT2D eigenvalue weighted by atomic mass is 10.1. The molecule has 1 fully saturated rings. The van der Waals surface area contributed by atoms with Gasteiger partial charge in [0.1, 0.15) is 5.82 Å². The molecule has 1 amide bonds. The maximum atomic E-state index is 12.6. The first-order valence-corrected chi connectivity index (χ1v) is 10.9. The zero-order valence-corrected chi connectivity index (χ0v) is 18.1. The van der Waals surface area contributed by atoms with Crippen LogP contribution in [0.3, 0.4) is 0 Å². The van der Waals surface area contributed by atoms with Gasteiger partial charge in [-0.2, -0.15) is 0 Å². The number of amides is 1. The second-order valence-electron chi connectivity index (χ2n) is 7.72. The van der Waals surface area contributed by atoms with Gasteiger partial charge in [-0.1, -0.05) is 23.7 Å². The molecule has 8 nitrogen and oxygen atoms in total. The van der Waals surface area contributed by atoms with Gasteiger partial charge in [-0.25, -0.2) is 0 Å². The van der Waals surface area contributed by atoms with Crippen LogP contribution >= 0.6 is 11.6 Å². The molecule has 9 heteroatoms. The quantitative estimate of drug-likeness (QED) is 0.591. The van der Waals surface area contributed by atoms with E-state index in [9.17, 15) is 4.79 Å². The number of aliphatic imine (C=N–C) groups is 1. The highest BCUT2D eigenvalue weighted by Gasteiger charge is 2.24. The highest BCUT2D eigenvalue weighted by molar-refractivity contribution is 6.30. The summed E-state index contributed by atoms with van der Waals surface area (Å²) in [7, 11) is 1.79.